The van der Waals surface area contributed by atoms with E-state index >= 15 is 0 Å². The number of β-amino-alcohol motifs (C(OH)–C–C–N with tert-alkyl or cyclic N) is 1. The number of furan rings is 1. The third-order valence-corrected chi connectivity index (χ3v) is 4.23. The van der Waals surface area contributed by atoms with Gasteiger partial charge >= 0.3 is 12.1 Å². The number of aryl methyl sites for hydroxylation is 1. The van der Waals surface area contributed by atoms with Crippen molar-refractivity contribution in [3.63, 3.8) is 0 Å². The second kappa shape index (κ2) is 9.20. The lowest BCUT2D eigenvalue weighted by atomic mass is 10.1. The van der Waals surface area contributed by atoms with E-state index in [0.29, 0.717) is 0 Å². The van der Waals surface area contributed by atoms with Crippen molar-refractivity contribution in [1.29, 1.82) is 0 Å². The van der Waals surface area contributed by atoms with Crippen LogP contribution in [0.25, 0.3) is 11.0 Å². The summed E-state index contributed by atoms with van der Waals surface area (Å²) in [5.74, 6) is -1.79. The van der Waals surface area contributed by atoms with E-state index in [2.05, 4.69) is 34.1 Å². The first-order valence-electron chi connectivity index (χ1n) is 8.54. The smallest absolute Gasteiger partial charge is 0.475 e. The van der Waals surface area contributed by atoms with Crippen LogP contribution in [0.5, 0.6) is 0 Å². The van der Waals surface area contributed by atoms with Crippen molar-refractivity contribution < 1.29 is 32.6 Å². The zero-order valence-corrected chi connectivity index (χ0v) is 15.0. The molecule has 3 rings (SSSR count). The lowest BCUT2D eigenvalue weighted by Crippen LogP contribution is -2.46. The lowest BCUT2D eigenvalue weighted by Gasteiger charge is -2.34. The number of aliphatic hydroxyl groups is 1. The predicted molar refractivity (Wildman–Crippen MR) is 93.4 cm³/mol. The Morgan fingerprint density at radius 1 is 1.15 bits per heavy atom. The molecule has 1 aliphatic rings. The van der Waals surface area contributed by atoms with Crippen LogP contribution in [0.4, 0.5) is 13.2 Å². The number of hydrogen-bond acceptors (Lipinski definition) is 5. The molecule has 0 amide bonds. The van der Waals surface area contributed by atoms with E-state index in [-0.39, 0.29) is 6.61 Å². The van der Waals surface area contributed by atoms with Gasteiger partial charge in [0.15, 0.2) is 0 Å². The van der Waals surface area contributed by atoms with Gasteiger partial charge in [-0.15, -0.1) is 0 Å². The number of piperazine rings is 1. The molecule has 1 fully saturated rings. The van der Waals surface area contributed by atoms with Gasteiger partial charge < -0.3 is 14.6 Å². The summed E-state index contributed by atoms with van der Waals surface area (Å²) in [5.41, 5.74) is 2.31. The number of aliphatic carboxylic acids is 1. The number of carboxylic acid groups (broad SMARTS) is 1. The standard InChI is InChI=1S/C16H22N2O2.C2HF3O2/c1-13-10-15-11-14(2-3-16(15)20-13)12-18-6-4-17(5-7-18)8-9-19;3-2(4,5)1(6)7/h2-3,10-11,19H,4-9,12H2,1H3;(H,6,7). The number of aliphatic hydroxyl groups excluding tert-OH is 1. The van der Waals surface area contributed by atoms with Crippen LogP contribution in [-0.2, 0) is 11.3 Å². The molecule has 1 saturated heterocycles. The molecule has 9 heteroatoms. The largest absolute Gasteiger partial charge is 0.490 e. The van der Waals surface area contributed by atoms with E-state index in [1.807, 2.05) is 6.92 Å². The maximum Gasteiger partial charge on any atom is 0.490 e. The Kier molecular flexibility index (Phi) is 7.23. The molecule has 2 heterocycles. The minimum absolute atomic E-state index is 0.260. The Bertz CT molecular complexity index is 753. The van der Waals surface area contributed by atoms with Gasteiger partial charge in [-0.2, -0.15) is 13.2 Å². The third kappa shape index (κ3) is 6.53. The van der Waals surface area contributed by atoms with Crippen molar-refractivity contribution in [2.24, 2.45) is 0 Å². The summed E-state index contributed by atoms with van der Waals surface area (Å²) in [6.45, 7) is 8.28. The van der Waals surface area contributed by atoms with Crippen LogP contribution in [0.3, 0.4) is 0 Å². The second-order valence-electron chi connectivity index (χ2n) is 6.37. The maximum atomic E-state index is 10.6. The highest BCUT2D eigenvalue weighted by atomic mass is 19.4. The van der Waals surface area contributed by atoms with E-state index in [1.54, 1.807) is 0 Å². The van der Waals surface area contributed by atoms with Gasteiger partial charge in [-0.3, -0.25) is 9.80 Å². The van der Waals surface area contributed by atoms with Gasteiger partial charge in [0, 0.05) is 44.7 Å². The number of hydrogen-bond donors (Lipinski definition) is 2. The molecule has 2 N–H and O–H groups in total. The summed E-state index contributed by atoms with van der Waals surface area (Å²) >= 11 is 0. The fourth-order valence-electron chi connectivity index (χ4n) is 2.89. The zero-order chi connectivity index (χ0) is 20.0. The minimum Gasteiger partial charge on any atom is -0.475 e. The molecule has 0 bridgehead atoms. The monoisotopic (exact) mass is 388 g/mol. The molecule has 1 aromatic carbocycles. The summed E-state index contributed by atoms with van der Waals surface area (Å²) in [6, 6.07) is 8.55. The lowest BCUT2D eigenvalue weighted by molar-refractivity contribution is -0.192. The quantitative estimate of drug-likeness (QED) is 0.838. The van der Waals surface area contributed by atoms with Crippen molar-refractivity contribution in [2.45, 2.75) is 19.6 Å². The summed E-state index contributed by atoms with van der Waals surface area (Å²) in [4.78, 5) is 13.7. The number of alkyl halides is 3. The fourth-order valence-corrected chi connectivity index (χ4v) is 2.89. The van der Waals surface area contributed by atoms with E-state index < -0.39 is 12.1 Å². The highest BCUT2D eigenvalue weighted by molar-refractivity contribution is 5.78. The number of benzene rings is 1. The average molecular weight is 388 g/mol. The minimum atomic E-state index is -5.08. The van der Waals surface area contributed by atoms with Gasteiger partial charge in [0.2, 0.25) is 0 Å². The Morgan fingerprint density at radius 2 is 1.74 bits per heavy atom. The normalized spacial score (nSPS) is 16.2. The Hall–Kier alpha value is -2.10. The van der Waals surface area contributed by atoms with Crippen LogP contribution in [0, 0.1) is 6.92 Å². The van der Waals surface area contributed by atoms with Crippen molar-refractivity contribution >= 4 is 16.9 Å². The van der Waals surface area contributed by atoms with E-state index in [9.17, 15) is 13.2 Å². The first-order valence-corrected chi connectivity index (χ1v) is 8.54. The number of nitrogens with zero attached hydrogens (tertiary/aromatic N) is 2. The summed E-state index contributed by atoms with van der Waals surface area (Å²) in [7, 11) is 0. The van der Waals surface area contributed by atoms with Crippen molar-refractivity contribution in [2.75, 3.05) is 39.3 Å². The maximum absolute atomic E-state index is 10.6. The molecule has 0 radical (unpaired) electrons. The highest BCUT2D eigenvalue weighted by Gasteiger charge is 2.38. The Balaban J connectivity index is 0.000000321. The molecule has 1 aromatic heterocycles. The van der Waals surface area contributed by atoms with Crippen LogP contribution < -0.4 is 0 Å². The van der Waals surface area contributed by atoms with Crippen molar-refractivity contribution in [3.8, 4) is 0 Å². The fraction of sp³-hybridized carbons (Fsp3) is 0.500. The van der Waals surface area contributed by atoms with Crippen LogP contribution in [0.2, 0.25) is 0 Å². The third-order valence-electron chi connectivity index (χ3n) is 4.23. The molecule has 6 nitrogen and oxygen atoms in total. The summed E-state index contributed by atoms with van der Waals surface area (Å²) in [6.07, 6.45) is -5.08. The molecule has 0 saturated carbocycles. The molecular formula is C18H23F3N2O4. The zero-order valence-electron chi connectivity index (χ0n) is 15.0. The van der Waals surface area contributed by atoms with E-state index in [1.165, 1.54) is 10.9 Å². The SMILES string of the molecule is Cc1cc2cc(CN3CCN(CCO)CC3)ccc2o1.O=C(O)C(F)(F)F. The van der Waals surface area contributed by atoms with Gasteiger partial charge in [0.25, 0.3) is 0 Å². The average Bonchev–Trinajstić information content (AvgIpc) is 2.96. The summed E-state index contributed by atoms with van der Waals surface area (Å²) < 4.78 is 37.3. The first-order chi connectivity index (χ1) is 12.7. The van der Waals surface area contributed by atoms with Gasteiger partial charge in [-0.25, -0.2) is 4.79 Å². The summed E-state index contributed by atoms with van der Waals surface area (Å²) in [5, 5.41) is 17.3. The Morgan fingerprint density at radius 3 is 2.30 bits per heavy atom. The number of carbonyl (C=O) groups is 1. The first kappa shape index (κ1) is 21.2. The molecule has 150 valence electrons. The number of rotatable bonds is 4. The van der Waals surface area contributed by atoms with Gasteiger partial charge in [0.05, 0.1) is 6.61 Å². The molecular weight excluding hydrogens is 365 g/mol. The van der Waals surface area contributed by atoms with Crippen LogP contribution in [0.1, 0.15) is 11.3 Å². The molecule has 0 spiro atoms. The van der Waals surface area contributed by atoms with Crippen molar-refractivity contribution in [1.82, 2.24) is 9.80 Å². The predicted octanol–water partition coefficient (Wildman–Crippen LogP) is 2.48. The van der Waals surface area contributed by atoms with Crippen molar-refractivity contribution in [3.05, 3.63) is 35.6 Å². The highest BCUT2D eigenvalue weighted by Crippen LogP contribution is 2.21. The molecule has 1 aliphatic heterocycles. The molecule has 2 aromatic rings. The molecule has 0 unspecified atom stereocenters. The van der Waals surface area contributed by atoms with Crippen LogP contribution in [-0.4, -0.2) is 71.5 Å². The van der Waals surface area contributed by atoms with Crippen LogP contribution in [0.15, 0.2) is 28.7 Å². The van der Waals surface area contributed by atoms with Gasteiger partial charge in [-0.1, -0.05) is 6.07 Å². The van der Waals surface area contributed by atoms with Gasteiger partial charge in [0.1, 0.15) is 11.3 Å². The second-order valence-corrected chi connectivity index (χ2v) is 6.37. The topological polar surface area (TPSA) is 77.2 Å². The van der Waals surface area contributed by atoms with E-state index in [0.717, 1.165) is 50.6 Å². The number of carboxylic acids is 1. The molecule has 0 atom stereocenters. The Labute approximate surface area is 154 Å². The molecule has 27 heavy (non-hydrogen) atoms. The molecule has 0 aliphatic carbocycles. The van der Waals surface area contributed by atoms with E-state index in [4.69, 9.17) is 19.4 Å². The number of fused-ring (bicyclic) bond motifs is 1. The number of halogens is 3. The van der Waals surface area contributed by atoms with Gasteiger partial charge in [-0.05, 0) is 30.7 Å². The van der Waals surface area contributed by atoms with Crippen LogP contribution >= 0.6 is 0 Å².